The topological polar surface area (TPSA) is 38.8 Å². The summed E-state index contributed by atoms with van der Waals surface area (Å²) in [6.07, 6.45) is 0. The fourth-order valence-corrected chi connectivity index (χ4v) is 3.34. The summed E-state index contributed by atoms with van der Waals surface area (Å²) < 4.78 is 5.86. The van der Waals surface area contributed by atoms with Gasteiger partial charge < -0.3 is 4.74 Å². The van der Waals surface area contributed by atoms with Crippen molar-refractivity contribution in [1.82, 2.24) is 5.06 Å². The Morgan fingerprint density at radius 2 is 2.10 bits per heavy atom. The van der Waals surface area contributed by atoms with Crippen molar-refractivity contribution in [2.45, 2.75) is 6.04 Å². The van der Waals surface area contributed by atoms with Crippen molar-refractivity contribution in [3.8, 4) is 5.75 Å². The molecule has 108 valence electrons. The Kier molecular flexibility index (Phi) is 3.01. The third kappa shape index (κ3) is 1.90. The Morgan fingerprint density at radius 1 is 1.24 bits per heavy atom. The first kappa shape index (κ1) is 12.9. The lowest BCUT2D eigenvalue weighted by Gasteiger charge is -2.32. The van der Waals surface area contributed by atoms with Crippen molar-refractivity contribution in [3.63, 3.8) is 0 Å². The summed E-state index contributed by atoms with van der Waals surface area (Å²) in [7, 11) is 0. The molecular formula is C16H14ClNO3. The second kappa shape index (κ2) is 4.90. The maximum Gasteiger partial charge on any atom is 0.261 e. The Bertz CT molecular complexity index is 718. The van der Waals surface area contributed by atoms with Gasteiger partial charge in [0.05, 0.1) is 19.3 Å². The van der Waals surface area contributed by atoms with Crippen LogP contribution in [-0.4, -0.2) is 30.1 Å². The molecule has 2 aromatic carbocycles. The van der Waals surface area contributed by atoms with Crippen LogP contribution in [0.3, 0.4) is 0 Å². The van der Waals surface area contributed by atoms with E-state index < -0.39 is 0 Å². The number of carbonyl (C=O) groups is 1. The molecule has 2 aliphatic rings. The number of carbonyl (C=O) groups excluding carboxylic acids is 1. The van der Waals surface area contributed by atoms with Gasteiger partial charge in [0.25, 0.3) is 5.91 Å². The van der Waals surface area contributed by atoms with Gasteiger partial charge in [-0.3, -0.25) is 9.63 Å². The maximum absolute atomic E-state index is 12.0. The van der Waals surface area contributed by atoms with Crippen molar-refractivity contribution in [2.24, 2.45) is 5.92 Å². The lowest BCUT2D eigenvalue weighted by Crippen LogP contribution is -2.35. The maximum atomic E-state index is 12.0. The summed E-state index contributed by atoms with van der Waals surface area (Å²) in [4.78, 5) is 17.6. The number of fused-ring (bicyclic) bond motifs is 5. The quantitative estimate of drug-likeness (QED) is 0.760. The van der Waals surface area contributed by atoms with Crippen molar-refractivity contribution in [2.75, 3.05) is 19.1 Å². The van der Waals surface area contributed by atoms with E-state index in [1.54, 1.807) is 0 Å². The van der Waals surface area contributed by atoms with Gasteiger partial charge in [-0.1, -0.05) is 30.3 Å². The zero-order valence-electron chi connectivity index (χ0n) is 11.3. The number of hydrogen-bond donors (Lipinski definition) is 0. The van der Waals surface area contributed by atoms with Crippen LogP contribution in [0, 0.1) is 5.92 Å². The minimum absolute atomic E-state index is 0.0792. The van der Waals surface area contributed by atoms with Crippen LogP contribution < -0.4 is 4.74 Å². The minimum Gasteiger partial charge on any atom is -0.493 e. The number of hydrogen-bond acceptors (Lipinski definition) is 3. The second-order valence-corrected chi connectivity index (χ2v) is 5.63. The smallest absolute Gasteiger partial charge is 0.261 e. The van der Waals surface area contributed by atoms with E-state index in [4.69, 9.17) is 21.2 Å². The SMILES string of the molecule is O=C(CCl)N1OC[C@@H]2COc3ccc4ccccc4c3[C@@H]21. The van der Waals surface area contributed by atoms with E-state index in [-0.39, 0.29) is 23.7 Å². The molecule has 0 N–H and O–H groups in total. The van der Waals surface area contributed by atoms with Gasteiger partial charge in [-0.05, 0) is 16.8 Å². The van der Waals surface area contributed by atoms with Gasteiger partial charge in [-0.15, -0.1) is 11.6 Å². The van der Waals surface area contributed by atoms with Crippen LogP contribution in [0.5, 0.6) is 5.75 Å². The van der Waals surface area contributed by atoms with Crippen molar-refractivity contribution in [3.05, 3.63) is 42.0 Å². The molecule has 2 atom stereocenters. The number of nitrogens with zero attached hydrogens (tertiary/aromatic N) is 1. The largest absolute Gasteiger partial charge is 0.493 e. The molecule has 0 aromatic heterocycles. The molecule has 0 spiro atoms. The summed E-state index contributed by atoms with van der Waals surface area (Å²) in [6.45, 7) is 1.04. The van der Waals surface area contributed by atoms with E-state index in [2.05, 4.69) is 12.1 Å². The van der Waals surface area contributed by atoms with E-state index in [1.165, 1.54) is 5.06 Å². The lowest BCUT2D eigenvalue weighted by molar-refractivity contribution is -0.174. The molecule has 0 radical (unpaired) electrons. The predicted molar refractivity (Wildman–Crippen MR) is 79.2 cm³/mol. The van der Waals surface area contributed by atoms with Crippen LogP contribution in [0.25, 0.3) is 10.8 Å². The Balaban J connectivity index is 1.92. The number of ether oxygens (including phenoxy) is 1. The van der Waals surface area contributed by atoms with E-state index in [0.29, 0.717) is 13.2 Å². The molecule has 1 saturated heterocycles. The summed E-state index contributed by atoms with van der Waals surface area (Å²) in [5, 5.41) is 3.67. The van der Waals surface area contributed by atoms with Crippen molar-refractivity contribution in [1.29, 1.82) is 0 Å². The molecule has 2 heterocycles. The number of alkyl halides is 1. The van der Waals surface area contributed by atoms with Gasteiger partial charge in [0.1, 0.15) is 11.6 Å². The van der Waals surface area contributed by atoms with E-state index in [9.17, 15) is 4.79 Å². The Hall–Kier alpha value is -1.78. The highest BCUT2D eigenvalue weighted by molar-refractivity contribution is 6.27. The third-order valence-corrected chi connectivity index (χ3v) is 4.39. The average Bonchev–Trinajstić information content (AvgIpc) is 2.97. The Morgan fingerprint density at radius 3 is 2.95 bits per heavy atom. The van der Waals surface area contributed by atoms with E-state index in [1.807, 2.05) is 24.3 Å². The molecule has 0 bridgehead atoms. The van der Waals surface area contributed by atoms with Crippen molar-refractivity contribution < 1.29 is 14.4 Å². The summed E-state index contributed by atoms with van der Waals surface area (Å²) in [5.74, 6) is 0.692. The molecule has 0 unspecified atom stereocenters. The first-order valence-electron chi connectivity index (χ1n) is 6.95. The molecule has 4 nitrogen and oxygen atoms in total. The fourth-order valence-electron chi connectivity index (χ4n) is 3.22. The van der Waals surface area contributed by atoms with Crippen LogP contribution in [-0.2, 0) is 9.63 Å². The van der Waals surface area contributed by atoms with Gasteiger partial charge in [0, 0.05) is 11.5 Å². The van der Waals surface area contributed by atoms with Crippen LogP contribution in [0.2, 0.25) is 0 Å². The first-order valence-corrected chi connectivity index (χ1v) is 7.48. The third-order valence-electron chi connectivity index (χ3n) is 4.17. The van der Waals surface area contributed by atoms with Crippen LogP contribution >= 0.6 is 11.6 Å². The van der Waals surface area contributed by atoms with Gasteiger partial charge in [0.2, 0.25) is 0 Å². The van der Waals surface area contributed by atoms with Crippen LogP contribution in [0.15, 0.2) is 36.4 Å². The van der Waals surface area contributed by atoms with Gasteiger partial charge in [-0.2, -0.15) is 0 Å². The molecule has 0 aliphatic carbocycles. The molecule has 1 fully saturated rings. The normalized spacial score (nSPS) is 23.6. The highest BCUT2D eigenvalue weighted by Crippen LogP contribution is 2.46. The van der Waals surface area contributed by atoms with E-state index in [0.717, 1.165) is 22.1 Å². The zero-order chi connectivity index (χ0) is 14.4. The zero-order valence-corrected chi connectivity index (χ0v) is 12.0. The standard InChI is InChI=1S/C16H14ClNO3/c17-7-14(19)18-16-11(9-21-18)8-20-13-6-5-10-3-1-2-4-12(10)15(13)16/h1-6,11,16H,7-9H2/t11-,16+/m0/s1. The highest BCUT2D eigenvalue weighted by atomic mass is 35.5. The lowest BCUT2D eigenvalue weighted by atomic mass is 9.88. The molecule has 21 heavy (non-hydrogen) atoms. The van der Waals surface area contributed by atoms with Crippen molar-refractivity contribution >= 4 is 28.3 Å². The second-order valence-electron chi connectivity index (χ2n) is 5.36. The van der Waals surface area contributed by atoms with Gasteiger partial charge in [-0.25, -0.2) is 5.06 Å². The highest BCUT2D eigenvalue weighted by Gasteiger charge is 2.44. The van der Waals surface area contributed by atoms with E-state index >= 15 is 0 Å². The molecule has 2 aliphatic heterocycles. The number of halogens is 1. The summed E-state index contributed by atoms with van der Waals surface area (Å²) in [5.41, 5.74) is 1.03. The fraction of sp³-hybridized carbons (Fsp3) is 0.312. The monoisotopic (exact) mass is 303 g/mol. The number of rotatable bonds is 1. The molecule has 0 saturated carbocycles. The molecule has 2 aromatic rings. The number of hydroxylamine groups is 2. The van der Waals surface area contributed by atoms with Gasteiger partial charge >= 0.3 is 0 Å². The summed E-state index contributed by atoms with van der Waals surface area (Å²) >= 11 is 5.71. The molecule has 4 rings (SSSR count). The number of amides is 1. The molecule has 5 heteroatoms. The molecular weight excluding hydrogens is 290 g/mol. The number of benzene rings is 2. The van der Waals surface area contributed by atoms with Crippen LogP contribution in [0.1, 0.15) is 11.6 Å². The first-order chi connectivity index (χ1) is 10.3. The predicted octanol–water partition coefficient (Wildman–Crippen LogP) is 2.90. The molecule has 1 amide bonds. The summed E-state index contributed by atoms with van der Waals surface area (Å²) in [6, 6.07) is 12.0. The Labute approximate surface area is 127 Å². The van der Waals surface area contributed by atoms with Crippen LogP contribution in [0.4, 0.5) is 0 Å². The average molecular weight is 304 g/mol. The van der Waals surface area contributed by atoms with Gasteiger partial charge in [0.15, 0.2) is 0 Å². The minimum atomic E-state index is -0.204.